The smallest absolute Gasteiger partial charge is 0.343 e. The molecule has 0 aliphatic rings. The summed E-state index contributed by atoms with van der Waals surface area (Å²) in [5, 5.41) is 0. The Balaban J connectivity index is 2.34. The minimum absolute atomic E-state index is 0.0151. The molecular formula is C27H35NO5. The highest BCUT2D eigenvalue weighted by Gasteiger charge is 2.29. The van der Waals surface area contributed by atoms with Crippen molar-refractivity contribution in [3.63, 3.8) is 0 Å². The van der Waals surface area contributed by atoms with Crippen molar-refractivity contribution in [2.75, 3.05) is 0 Å². The number of carbonyl (C=O) groups is 3. The maximum Gasteiger partial charge on any atom is 0.343 e. The molecular weight excluding hydrogens is 418 g/mol. The molecule has 2 rings (SSSR count). The van der Waals surface area contributed by atoms with Crippen molar-refractivity contribution in [1.82, 2.24) is 0 Å². The number of esters is 2. The summed E-state index contributed by atoms with van der Waals surface area (Å²) in [5.74, 6) is -1.27. The van der Waals surface area contributed by atoms with E-state index < -0.39 is 23.4 Å². The number of aryl methyl sites for hydroxylation is 1. The Hall–Kier alpha value is -2.99. The number of benzene rings is 2. The van der Waals surface area contributed by atoms with Crippen molar-refractivity contribution in [1.29, 1.82) is 0 Å². The second-order valence-electron chi connectivity index (χ2n) is 10.7. The first-order chi connectivity index (χ1) is 15.2. The molecule has 6 heteroatoms. The molecule has 33 heavy (non-hydrogen) atoms. The topological polar surface area (TPSA) is 95.7 Å². The Kier molecular flexibility index (Phi) is 8.20. The van der Waals surface area contributed by atoms with Crippen LogP contribution in [0.25, 0.3) is 0 Å². The van der Waals surface area contributed by atoms with E-state index in [-0.39, 0.29) is 34.7 Å². The fourth-order valence-electron chi connectivity index (χ4n) is 2.90. The van der Waals surface area contributed by atoms with Gasteiger partial charge in [-0.15, -0.1) is 0 Å². The summed E-state index contributed by atoms with van der Waals surface area (Å²) in [6.45, 7) is 13.6. The van der Waals surface area contributed by atoms with Crippen molar-refractivity contribution in [2.24, 2.45) is 16.6 Å². The number of nitrogens with two attached hydrogens (primary N) is 1. The van der Waals surface area contributed by atoms with Crippen molar-refractivity contribution in [3.05, 3.63) is 59.2 Å². The van der Waals surface area contributed by atoms with E-state index in [1.54, 1.807) is 24.3 Å². The quantitative estimate of drug-likeness (QED) is 0.338. The van der Waals surface area contributed by atoms with Crippen LogP contribution in [-0.2, 0) is 4.79 Å². The normalized spacial score (nSPS) is 12.7. The average molecular weight is 454 g/mol. The summed E-state index contributed by atoms with van der Waals surface area (Å²) in [4.78, 5) is 38.0. The molecule has 0 spiro atoms. The Morgan fingerprint density at radius 3 is 1.97 bits per heavy atom. The molecule has 0 saturated carbocycles. The van der Waals surface area contributed by atoms with Crippen LogP contribution in [0.4, 0.5) is 0 Å². The molecule has 6 nitrogen and oxygen atoms in total. The molecule has 178 valence electrons. The lowest BCUT2D eigenvalue weighted by molar-refractivity contribution is -0.135. The monoisotopic (exact) mass is 453 g/mol. The van der Waals surface area contributed by atoms with Crippen LogP contribution in [0.5, 0.6) is 11.5 Å². The third-order valence-electron chi connectivity index (χ3n) is 5.24. The third kappa shape index (κ3) is 7.82. The van der Waals surface area contributed by atoms with Gasteiger partial charge in [-0.05, 0) is 54.5 Å². The molecule has 0 heterocycles. The number of hydrogen-bond donors (Lipinski definition) is 1. The van der Waals surface area contributed by atoms with E-state index in [1.165, 1.54) is 18.2 Å². The van der Waals surface area contributed by atoms with Gasteiger partial charge in [-0.3, -0.25) is 9.59 Å². The van der Waals surface area contributed by atoms with Crippen molar-refractivity contribution in [3.8, 4) is 11.5 Å². The number of ketones is 1. The van der Waals surface area contributed by atoms with Crippen molar-refractivity contribution in [2.45, 2.75) is 67.3 Å². The molecule has 0 radical (unpaired) electrons. The van der Waals surface area contributed by atoms with E-state index in [0.717, 1.165) is 5.56 Å². The van der Waals surface area contributed by atoms with Gasteiger partial charge in [0.15, 0.2) is 17.3 Å². The Morgan fingerprint density at radius 2 is 1.42 bits per heavy atom. The van der Waals surface area contributed by atoms with Gasteiger partial charge in [-0.25, -0.2) is 4.79 Å². The zero-order valence-electron chi connectivity index (χ0n) is 20.7. The molecule has 0 aliphatic heterocycles. The van der Waals surface area contributed by atoms with Gasteiger partial charge in [-0.1, -0.05) is 59.2 Å². The summed E-state index contributed by atoms with van der Waals surface area (Å²) in [5.41, 5.74) is 7.30. The first-order valence-electron chi connectivity index (χ1n) is 11.1. The van der Waals surface area contributed by atoms with Gasteiger partial charge in [0.2, 0.25) is 0 Å². The van der Waals surface area contributed by atoms with Crippen LogP contribution in [0.3, 0.4) is 0 Å². The molecule has 0 aromatic heterocycles. The fourth-order valence-corrected chi connectivity index (χ4v) is 2.90. The molecule has 0 aliphatic carbocycles. The fraction of sp³-hybridized carbons (Fsp3) is 0.444. The van der Waals surface area contributed by atoms with E-state index >= 15 is 0 Å². The SMILES string of the molecule is Cc1ccc(C(=O)Oc2ccc(C(=O)C(N)C(C)(C)C)cc2OC(=O)CCC(C)(C)C)cc1. The maximum absolute atomic E-state index is 12.9. The average Bonchev–Trinajstić information content (AvgIpc) is 2.71. The van der Waals surface area contributed by atoms with Gasteiger partial charge in [0.05, 0.1) is 11.6 Å². The van der Waals surface area contributed by atoms with Gasteiger partial charge in [0.25, 0.3) is 0 Å². The van der Waals surface area contributed by atoms with Crippen LogP contribution in [0.2, 0.25) is 0 Å². The van der Waals surface area contributed by atoms with Crippen LogP contribution < -0.4 is 15.2 Å². The van der Waals surface area contributed by atoms with E-state index in [1.807, 2.05) is 48.5 Å². The molecule has 1 unspecified atom stereocenters. The minimum atomic E-state index is -0.747. The number of carbonyl (C=O) groups excluding carboxylic acids is 3. The lowest BCUT2D eigenvalue weighted by Gasteiger charge is -2.26. The van der Waals surface area contributed by atoms with Gasteiger partial charge in [-0.2, -0.15) is 0 Å². The van der Waals surface area contributed by atoms with Gasteiger partial charge in [0, 0.05) is 12.0 Å². The third-order valence-corrected chi connectivity index (χ3v) is 5.24. The second kappa shape index (κ2) is 10.3. The molecule has 2 N–H and O–H groups in total. The van der Waals surface area contributed by atoms with E-state index in [2.05, 4.69) is 0 Å². The summed E-state index contributed by atoms with van der Waals surface area (Å²) < 4.78 is 11.1. The Labute approximate surface area is 196 Å². The van der Waals surface area contributed by atoms with Crippen molar-refractivity contribution < 1.29 is 23.9 Å². The molecule has 1 atom stereocenters. The number of hydrogen-bond acceptors (Lipinski definition) is 6. The first kappa shape index (κ1) is 26.3. The molecule has 0 bridgehead atoms. The highest BCUT2D eigenvalue weighted by molar-refractivity contribution is 6.01. The van der Waals surface area contributed by atoms with Gasteiger partial charge < -0.3 is 15.2 Å². The lowest BCUT2D eigenvalue weighted by Crippen LogP contribution is -2.42. The number of ether oxygens (including phenoxy) is 2. The minimum Gasteiger partial charge on any atom is -0.422 e. The van der Waals surface area contributed by atoms with Crippen LogP contribution in [-0.4, -0.2) is 23.8 Å². The Morgan fingerprint density at radius 1 is 0.848 bits per heavy atom. The molecule has 2 aromatic carbocycles. The summed E-state index contributed by atoms with van der Waals surface area (Å²) in [6.07, 6.45) is 0.812. The molecule has 0 fully saturated rings. The van der Waals surface area contributed by atoms with Crippen molar-refractivity contribution >= 4 is 17.7 Å². The number of rotatable bonds is 7. The standard InChI is InChI=1S/C27H35NO5/c1-17-8-10-18(11-9-17)25(31)33-20-13-12-19(23(30)24(28)27(5,6)7)16-21(20)32-22(29)14-15-26(2,3)4/h8-13,16,24H,14-15,28H2,1-7H3. The van der Waals surface area contributed by atoms with Crippen LogP contribution in [0.15, 0.2) is 42.5 Å². The number of Topliss-reactive ketones (excluding diaryl/α,β-unsaturated/α-hetero) is 1. The van der Waals surface area contributed by atoms with Gasteiger partial charge >= 0.3 is 11.9 Å². The van der Waals surface area contributed by atoms with Crippen LogP contribution >= 0.6 is 0 Å². The van der Waals surface area contributed by atoms with Gasteiger partial charge in [0.1, 0.15) is 0 Å². The maximum atomic E-state index is 12.9. The first-order valence-corrected chi connectivity index (χ1v) is 11.1. The highest BCUT2D eigenvalue weighted by Crippen LogP contribution is 2.32. The lowest BCUT2D eigenvalue weighted by atomic mass is 9.83. The molecule has 0 amide bonds. The van der Waals surface area contributed by atoms with E-state index in [4.69, 9.17) is 15.2 Å². The van der Waals surface area contributed by atoms with Crippen LogP contribution in [0, 0.1) is 17.8 Å². The van der Waals surface area contributed by atoms with Crippen LogP contribution in [0.1, 0.15) is 80.7 Å². The molecule has 0 saturated heterocycles. The summed E-state index contributed by atoms with van der Waals surface area (Å²) >= 11 is 0. The highest BCUT2D eigenvalue weighted by atomic mass is 16.6. The van der Waals surface area contributed by atoms with E-state index in [9.17, 15) is 14.4 Å². The predicted octanol–water partition coefficient (Wildman–Crippen LogP) is 5.50. The Bertz CT molecular complexity index is 1010. The predicted molar refractivity (Wildman–Crippen MR) is 129 cm³/mol. The summed E-state index contributed by atoms with van der Waals surface area (Å²) in [6, 6.07) is 10.6. The van der Waals surface area contributed by atoms with E-state index in [0.29, 0.717) is 12.0 Å². The largest absolute Gasteiger partial charge is 0.422 e. The summed E-state index contributed by atoms with van der Waals surface area (Å²) in [7, 11) is 0. The zero-order valence-corrected chi connectivity index (χ0v) is 20.7. The molecule has 2 aromatic rings. The zero-order chi connectivity index (χ0) is 25.0. The second-order valence-corrected chi connectivity index (χ2v) is 10.7.